The minimum Gasteiger partial charge on any atom is -0.335 e. The molecule has 80 valence electrons. The summed E-state index contributed by atoms with van der Waals surface area (Å²) < 4.78 is 13.5. The zero-order chi connectivity index (χ0) is 10.8. The molecule has 2 amide bonds. The van der Waals surface area contributed by atoms with Crippen LogP contribution in [0.5, 0.6) is 0 Å². The van der Waals surface area contributed by atoms with Crippen LogP contribution in [0.25, 0.3) is 0 Å². The largest absolute Gasteiger partial charge is 0.335 e. The van der Waals surface area contributed by atoms with E-state index in [1.807, 2.05) is 22.6 Å². The first-order valence-electron chi connectivity index (χ1n) is 4.68. The Bertz CT molecular complexity index is 393. The Kier molecular flexibility index (Phi) is 3.08. The molecule has 2 N–H and O–H groups in total. The summed E-state index contributed by atoms with van der Waals surface area (Å²) in [7, 11) is 0. The number of amides is 2. The molecule has 5 heteroatoms. The lowest BCUT2D eigenvalue weighted by molar-refractivity contribution is 0.251. The zero-order valence-corrected chi connectivity index (χ0v) is 10.0. The fourth-order valence-corrected chi connectivity index (χ4v) is 1.77. The van der Waals surface area contributed by atoms with Crippen molar-refractivity contribution in [2.24, 2.45) is 0 Å². The van der Waals surface area contributed by atoms with Crippen molar-refractivity contribution in [3.63, 3.8) is 0 Å². The van der Waals surface area contributed by atoms with Crippen molar-refractivity contribution in [1.29, 1.82) is 0 Å². The predicted octanol–water partition coefficient (Wildman–Crippen LogP) is 2.71. The molecule has 0 heterocycles. The molecule has 3 nitrogen and oxygen atoms in total. The maximum absolute atomic E-state index is 12.8. The van der Waals surface area contributed by atoms with E-state index in [0.29, 0.717) is 15.3 Å². The zero-order valence-electron chi connectivity index (χ0n) is 7.89. The second-order valence-corrected chi connectivity index (χ2v) is 4.66. The van der Waals surface area contributed by atoms with Crippen molar-refractivity contribution < 1.29 is 9.18 Å². The molecule has 2 rings (SSSR count). The highest BCUT2D eigenvalue weighted by Crippen LogP contribution is 2.21. The smallest absolute Gasteiger partial charge is 0.319 e. The minimum absolute atomic E-state index is 0.220. The Balaban J connectivity index is 1.99. The van der Waals surface area contributed by atoms with Gasteiger partial charge in [0.05, 0.1) is 5.69 Å². The number of nitrogens with one attached hydrogen (secondary N) is 2. The number of anilines is 1. The number of benzene rings is 1. The van der Waals surface area contributed by atoms with Crippen molar-refractivity contribution >= 4 is 34.3 Å². The van der Waals surface area contributed by atoms with E-state index in [1.54, 1.807) is 6.07 Å². The maximum atomic E-state index is 12.8. The SMILES string of the molecule is O=C(Nc1ccc(F)cc1I)NC1CC1. The van der Waals surface area contributed by atoms with Gasteiger partial charge in [0.2, 0.25) is 0 Å². The molecule has 0 radical (unpaired) electrons. The summed E-state index contributed by atoms with van der Waals surface area (Å²) in [5.41, 5.74) is 0.634. The Morgan fingerprint density at radius 3 is 2.80 bits per heavy atom. The van der Waals surface area contributed by atoms with E-state index in [-0.39, 0.29) is 11.8 Å². The van der Waals surface area contributed by atoms with E-state index in [9.17, 15) is 9.18 Å². The lowest BCUT2D eigenvalue weighted by Gasteiger charge is -2.08. The van der Waals surface area contributed by atoms with Gasteiger partial charge in [0.25, 0.3) is 0 Å². The number of carbonyl (C=O) groups excluding carboxylic acids is 1. The average Bonchev–Trinajstić information content (AvgIpc) is 2.94. The van der Waals surface area contributed by atoms with Gasteiger partial charge in [-0.1, -0.05) is 0 Å². The Hall–Kier alpha value is -0.850. The van der Waals surface area contributed by atoms with E-state index in [0.717, 1.165) is 12.8 Å². The third kappa shape index (κ3) is 3.05. The van der Waals surface area contributed by atoms with Crippen LogP contribution in [-0.2, 0) is 0 Å². The fourth-order valence-electron chi connectivity index (χ4n) is 1.16. The fraction of sp³-hybridized carbons (Fsp3) is 0.300. The Morgan fingerprint density at radius 1 is 1.47 bits per heavy atom. The summed E-state index contributed by atoms with van der Waals surface area (Å²) in [6.45, 7) is 0. The molecule has 1 saturated carbocycles. The van der Waals surface area contributed by atoms with Gasteiger partial charge in [-0.25, -0.2) is 9.18 Å². The second-order valence-electron chi connectivity index (χ2n) is 3.50. The van der Waals surface area contributed by atoms with Crippen LogP contribution in [0.1, 0.15) is 12.8 Å². The second kappa shape index (κ2) is 4.34. The number of carbonyl (C=O) groups is 1. The maximum Gasteiger partial charge on any atom is 0.319 e. The molecule has 1 fully saturated rings. The van der Waals surface area contributed by atoms with Gasteiger partial charge in [-0.2, -0.15) is 0 Å². The summed E-state index contributed by atoms with van der Waals surface area (Å²) in [4.78, 5) is 11.4. The monoisotopic (exact) mass is 320 g/mol. The molecule has 0 atom stereocenters. The molecule has 1 aromatic carbocycles. The van der Waals surface area contributed by atoms with Crippen molar-refractivity contribution in [3.05, 3.63) is 27.6 Å². The molecule has 0 aliphatic heterocycles. The topological polar surface area (TPSA) is 41.1 Å². The van der Waals surface area contributed by atoms with Gasteiger partial charge in [-0.3, -0.25) is 0 Å². The first-order chi connectivity index (χ1) is 7.15. The number of hydrogen-bond donors (Lipinski definition) is 2. The summed E-state index contributed by atoms with van der Waals surface area (Å²) in [5, 5.41) is 5.48. The molecule has 1 aliphatic carbocycles. The van der Waals surface area contributed by atoms with Gasteiger partial charge in [-0.05, 0) is 53.6 Å². The first kappa shape index (κ1) is 10.7. The molecular formula is C10H10FIN2O. The highest BCUT2D eigenvalue weighted by atomic mass is 127. The molecule has 1 aromatic rings. The third-order valence-corrected chi connectivity index (χ3v) is 2.98. The van der Waals surface area contributed by atoms with E-state index >= 15 is 0 Å². The van der Waals surface area contributed by atoms with Crippen LogP contribution in [0.2, 0.25) is 0 Å². The van der Waals surface area contributed by atoms with Crippen molar-refractivity contribution in [2.75, 3.05) is 5.32 Å². The standard InChI is InChI=1S/C10H10FIN2O/c11-6-1-4-9(8(12)5-6)14-10(15)13-7-2-3-7/h1,4-5,7H,2-3H2,(H2,13,14,15). The van der Waals surface area contributed by atoms with Gasteiger partial charge >= 0.3 is 6.03 Å². The van der Waals surface area contributed by atoms with E-state index in [2.05, 4.69) is 10.6 Å². The van der Waals surface area contributed by atoms with Gasteiger partial charge < -0.3 is 10.6 Å². The molecule has 15 heavy (non-hydrogen) atoms. The number of hydrogen-bond acceptors (Lipinski definition) is 1. The van der Waals surface area contributed by atoms with Crippen LogP contribution in [0, 0.1) is 9.39 Å². The number of urea groups is 1. The highest BCUT2D eigenvalue weighted by Gasteiger charge is 2.23. The van der Waals surface area contributed by atoms with Crippen molar-refractivity contribution in [1.82, 2.24) is 5.32 Å². The minimum atomic E-state index is -0.299. The van der Waals surface area contributed by atoms with Crippen LogP contribution in [0.3, 0.4) is 0 Å². The summed E-state index contributed by atoms with van der Waals surface area (Å²) in [5.74, 6) is -0.299. The van der Waals surface area contributed by atoms with Crippen LogP contribution in [-0.4, -0.2) is 12.1 Å². The summed E-state index contributed by atoms with van der Waals surface area (Å²) in [6, 6.07) is 4.37. The van der Waals surface area contributed by atoms with Gasteiger partial charge in [0.1, 0.15) is 5.82 Å². The Morgan fingerprint density at radius 2 is 2.20 bits per heavy atom. The van der Waals surface area contributed by atoms with Crippen LogP contribution >= 0.6 is 22.6 Å². The van der Waals surface area contributed by atoms with Crippen molar-refractivity contribution in [3.8, 4) is 0 Å². The molecule has 0 saturated heterocycles. The third-order valence-electron chi connectivity index (χ3n) is 2.09. The molecule has 0 bridgehead atoms. The lowest BCUT2D eigenvalue weighted by atomic mass is 10.3. The molecule has 0 spiro atoms. The van der Waals surface area contributed by atoms with Crippen LogP contribution < -0.4 is 10.6 Å². The normalized spacial score (nSPS) is 14.8. The first-order valence-corrected chi connectivity index (χ1v) is 5.75. The van der Waals surface area contributed by atoms with E-state index in [1.165, 1.54) is 12.1 Å². The van der Waals surface area contributed by atoms with Crippen molar-refractivity contribution in [2.45, 2.75) is 18.9 Å². The summed E-state index contributed by atoms with van der Waals surface area (Å²) in [6.07, 6.45) is 2.10. The number of rotatable bonds is 2. The van der Waals surface area contributed by atoms with Gasteiger partial charge in [0, 0.05) is 9.61 Å². The predicted molar refractivity (Wildman–Crippen MR) is 64.3 cm³/mol. The van der Waals surface area contributed by atoms with Gasteiger partial charge in [0.15, 0.2) is 0 Å². The Labute approximate surface area is 101 Å². The molecule has 0 aromatic heterocycles. The van der Waals surface area contributed by atoms with Crippen LogP contribution in [0.15, 0.2) is 18.2 Å². The quantitative estimate of drug-likeness (QED) is 0.809. The van der Waals surface area contributed by atoms with Gasteiger partial charge in [-0.15, -0.1) is 0 Å². The average molecular weight is 320 g/mol. The summed E-state index contributed by atoms with van der Waals surface area (Å²) >= 11 is 1.99. The number of halogens is 2. The molecule has 0 unspecified atom stereocenters. The van der Waals surface area contributed by atoms with Crippen LogP contribution in [0.4, 0.5) is 14.9 Å². The van der Waals surface area contributed by atoms with E-state index in [4.69, 9.17) is 0 Å². The molecule has 1 aliphatic rings. The molecular weight excluding hydrogens is 310 g/mol. The lowest BCUT2D eigenvalue weighted by Crippen LogP contribution is -2.30. The van der Waals surface area contributed by atoms with E-state index < -0.39 is 0 Å². The highest BCUT2D eigenvalue weighted by molar-refractivity contribution is 14.1.